The first-order valence-corrected chi connectivity index (χ1v) is 17.2. The van der Waals surface area contributed by atoms with Gasteiger partial charge in [0.25, 0.3) is 0 Å². The molecular formula is C24H18Cl2O2Te. The number of hydrogen-bond donors (Lipinski definition) is 2. The molecule has 146 valence electrons. The van der Waals surface area contributed by atoms with Crippen LogP contribution in [0.1, 0.15) is 0 Å². The Morgan fingerprint density at radius 1 is 0.517 bits per heavy atom. The van der Waals surface area contributed by atoms with E-state index in [9.17, 15) is 10.2 Å². The normalized spacial score (nSPS) is 11.9. The molecule has 5 heteroatoms. The standard InChI is InChI=1S/C24H18Cl2O2Te/c25-29(26,19-11-13-23(27)21(15-19)17-7-3-1-4-8-17)20-12-14-24(28)22(16-20)18-9-5-2-6-10-18/h1-16,27-28H. The van der Waals surface area contributed by atoms with Crippen LogP contribution < -0.4 is 7.22 Å². The summed E-state index contributed by atoms with van der Waals surface area (Å²) in [6, 6.07) is 29.9. The van der Waals surface area contributed by atoms with Crippen LogP contribution in [0.3, 0.4) is 0 Å². The number of hydrogen-bond acceptors (Lipinski definition) is 2. The van der Waals surface area contributed by atoms with Crippen LogP contribution >= 0.6 is 17.9 Å². The second kappa shape index (κ2) is 8.30. The Morgan fingerprint density at radius 3 is 1.28 bits per heavy atom. The summed E-state index contributed by atoms with van der Waals surface area (Å²) in [6.45, 7) is 0. The Balaban J connectivity index is 1.80. The van der Waals surface area contributed by atoms with Crippen molar-refractivity contribution in [2.24, 2.45) is 0 Å². The third-order valence-corrected chi connectivity index (χ3v) is 14.3. The van der Waals surface area contributed by atoms with Gasteiger partial charge in [0, 0.05) is 0 Å². The molecule has 4 aromatic carbocycles. The maximum absolute atomic E-state index is 10.4. The van der Waals surface area contributed by atoms with E-state index < -0.39 is 15.9 Å². The van der Waals surface area contributed by atoms with Gasteiger partial charge in [-0.05, 0) is 0 Å². The molecule has 0 amide bonds. The van der Waals surface area contributed by atoms with E-state index in [1.54, 1.807) is 24.3 Å². The Bertz CT molecular complexity index is 1060. The molecule has 0 aromatic heterocycles. The minimum atomic E-state index is -3.75. The van der Waals surface area contributed by atoms with E-state index in [0.717, 1.165) is 18.3 Å². The number of aromatic hydroxyl groups is 2. The minimum absolute atomic E-state index is 0.183. The van der Waals surface area contributed by atoms with Gasteiger partial charge in [0.2, 0.25) is 0 Å². The molecule has 0 saturated carbocycles. The summed E-state index contributed by atoms with van der Waals surface area (Å²) >= 11 is -3.75. The molecule has 0 saturated heterocycles. The SMILES string of the molecule is Oc1ccc([Te](Cl)(Cl)c2ccc(O)c(-c3ccccc3)c2)cc1-c1ccccc1. The second-order valence-corrected chi connectivity index (χ2v) is 19.2. The number of phenols is 2. The monoisotopic (exact) mass is 538 g/mol. The zero-order valence-electron chi connectivity index (χ0n) is 15.3. The second-order valence-electron chi connectivity index (χ2n) is 6.56. The molecule has 2 nitrogen and oxygen atoms in total. The van der Waals surface area contributed by atoms with Crippen molar-refractivity contribution in [3.05, 3.63) is 97.1 Å². The predicted octanol–water partition coefficient (Wildman–Crippen LogP) is 5.47. The van der Waals surface area contributed by atoms with Crippen LogP contribution in [0.2, 0.25) is 0 Å². The van der Waals surface area contributed by atoms with E-state index in [-0.39, 0.29) is 11.5 Å². The molecule has 0 unspecified atom stereocenters. The van der Waals surface area contributed by atoms with Gasteiger partial charge in [-0.3, -0.25) is 0 Å². The fourth-order valence-electron chi connectivity index (χ4n) is 3.18. The van der Waals surface area contributed by atoms with E-state index in [4.69, 9.17) is 17.9 Å². The third kappa shape index (κ3) is 4.10. The summed E-state index contributed by atoms with van der Waals surface area (Å²) in [4.78, 5) is 0. The molecule has 0 radical (unpaired) electrons. The molecule has 4 aromatic rings. The maximum atomic E-state index is 10.4. The van der Waals surface area contributed by atoms with Gasteiger partial charge in [-0.25, -0.2) is 0 Å². The van der Waals surface area contributed by atoms with Crippen molar-refractivity contribution >= 4 is 41.1 Å². The fourth-order valence-corrected chi connectivity index (χ4v) is 9.42. The summed E-state index contributed by atoms with van der Waals surface area (Å²) in [6.07, 6.45) is 0. The van der Waals surface area contributed by atoms with Crippen LogP contribution in [0.5, 0.6) is 11.5 Å². The number of benzene rings is 4. The Labute approximate surface area is 181 Å². The summed E-state index contributed by atoms with van der Waals surface area (Å²) < 4.78 is 1.63. The molecule has 4 rings (SSSR count). The van der Waals surface area contributed by atoms with Crippen molar-refractivity contribution < 1.29 is 10.2 Å². The molecular weight excluding hydrogens is 519 g/mol. The number of phenolic OH excluding ortho intramolecular Hbond substituents is 2. The van der Waals surface area contributed by atoms with Crippen LogP contribution in [0.25, 0.3) is 22.3 Å². The molecule has 0 heterocycles. The molecule has 2 N–H and O–H groups in total. The van der Waals surface area contributed by atoms with E-state index in [2.05, 4.69) is 0 Å². The topological polar surface area (TPSA) is 40.5 Å². The van der Waals surface area contributed by atoms with Crippen molar-refractivity contribution in [3.63, 3.8) is 0 Å². The van der Waals surface area contributed by atoms with Crippen LogP contribution in [0.15, 0.2) is 97.1 Å². The molecule has 0 aliphatic heterocycles. The third-order valence-electron chi connectivity index (χ3n) is 4.70. The molecule has 0 spiro atoms. The van der Waals surface area contributed by atoms with Gasteiger partial charge in [-0.2, -0.15) is 0 Å². The van der Waals surface area contributed by atoms with Gasteiger partial charge in [0.15, 0.2) is 0 Å². The summed E-state index contributed by atoms with van der Waals surface area (Å²) in [7, 11) is 14.0. The van der Waals surface area contributed by atoms with Gasteiger partial charge in [-0.15, -0.1) is 0 Å². The van der Waals surface area contributed by atoms with Crippen LogP contribution in [0.4, 0.5) is 0 Å². The summed E-state index contributed by atoms with van der Waals surface area (Å²) in [5.74, 6) is 0.366. The van der Waals surface area contributed by atoms with Crippen LogP contribution in [-0.2, 0) is 0 Å². The van der Waals surface area contributed by atoms with Crippen molar-refractivity contribution in [1.82, 2.24) is 0 Å². The van der Waals surface area contributed by atoms with Gasteiger partial charge in [0.05, 0.1) is 0 Å². The van der Waals surface area contributed by atoms with Crippen LogP contribution in [-0.4, -0.2) is 26.2 Å². The van der Waals surface area contributed by atoms with Gasteiger partial charge < -0.3 is 0 Å². The quantitative estimate of drug-likeness (QED) is 0.340. The summed E-state index contributed by atoms with van der Waals surface area (Å²) in [5, 5.41) is 20.7. The molecule has 0 bridgehead atoms. The van der Waals surface area contributed by atoms with Crippen molar-refractivity contribution in [2.45, 2.75) is 0 Å². The first-order chi connectivity index (χ1) is 14.0. The van der Waals surface area contributed by atoms with E-state index in [1.165, 1.54) is 0 Å². The summed E-state index contributed by atoms with van der Waals surface area (Å²) in [5.41, 5.74) is 3.19. The number of halogens is 2. The average Bonchev–Trinajstić information content (AvgIpc) is 2.75. The van der Waals surface area contributed by atoms with Crippen LogP contribution in [0, 0.1) is 0 Å². The van der Waals surface area contributed by atoms with Crippen molar-refractivity contribution in [3.8, 4) is 33.8 Å². The zero-order chi connectivity index (χ0) is 20.4. The molecule has 0 atom stereocenters. The average molecular weight is 537 g/mol. The molecule has 0 fully saturated rings. The fraction of sp³-hybridized carbons (Fsp3) is 0. The number of rotatable bonds is 4. The Morgan fingerprint density at radius 2 is 0.897 bits per heavy atom. The molecule has 0 aliphatic rings. The Hall–Kier alpha value is -2.15. The van der Waals surface area contributed by atoms with Crippen molar-refractivity contribution in [2.75, 3.05) is 0 Å². The molecule has 29 heavy (non-hydrogen) atoms. The molecule has 0 aliphatic carbocycles. The van der Waals surface area contributed by atoms with E-state index >= 15 is 0 Å². The zero-order valence-corrected chi connectivity index (χ0v) is 19.1. The van der Waals surface area contributed by atoms with Gasteiger partial charge in [0.1, 0.15) is 0 Å². The predicted molar refractivity (Wildman–Crippen MR) is 124 cm³/mol. The first-order valence-electron chi connectivity index (χ1n) is 8.96. The van der Waals surface area contributed by atoms with E-state index in [0.29, 0.717) is 11.1 Å². The van der Waals surface area contributed by atoms with E-state index in [1.807, 2.05) is 72.8 Å². The van der Waals surface area contributed by atoms with Gasteiger partial charge in [-0.1, -0.05) is 0 Å². The first kappa shape index (κ1) is 20.1. The van der Waals surface area contributed by atoms with Crippen molar-refractivity contribution in [1.29, 1.82) is 0 Å². The van der Waals surface area contributed by atoms with Gasteiger partial charge >= 0.3 is 182 Å². The Kier molecular flexibility index (Phi) is 5.76.